The molecule has 4 N–H and O–H groups in total. The topological polar surface area (TPSA) is 119 Å². The average molecular weight is 562 g/mol. The van der Waals surface area contributed by atoms with Gasteiger partial charge in [0.15, 0.2) is 0 Å². The highest BCUT2D eigenvalue weighted by atomic mass is 32.2. The van der Waals surface area contributed by atoms with Crippen molar-refractivity contribution >= 4 is 23.5 Å². The number of rotatable bonds is 11. The molecule has 2 heterocycles. The molecule has 40 heavy (non-hydrogen) atoms. The molecule has 5 aliphatic rings. The van der Waals surface area contributed by atoms with Gasteiger partial charge in [-0.15, -0.1) is 11.8 Å². The summed E-state index contributed by atoms with van der Waals surface area (Å²) in [5, 5.41) is 31.6. The van der Waals surface area contributed by atoms with E-state index in [0.29, 0.717) is 29.9 Å². The number of nitrogens with one attached hydrogen (secondary N) is 3. The fraction of sp³-hybridized carbons (Fsp3) is 0.677. The molecule has 2 aromatic rings. The number of nitrogens with zero attached hydrogens (tertiary/aromatic N) is 4. The summed E-state index contributed by atoms with van der Waals surface area (Å²) in [6, 6.07) is 6.96. The highest BCUT2D eigenvalue weighted by molar-refractivity contribution is 7.99. The quantitative estimate of drug-likeness (QED) is 0.274. The minimum atomic E-state index is -0.0769. The van der Waals surface area contributed by atoms with Crippen LogP contribution in [0.5, 0.6) is 0 Å². The van der Waals surface area contributed by atoms with Crippen molar-refractivity contribution in [2.24, 2.45) is 29.1 Å². The first-order chi connectivity index (χ1) is 19.5. The Bertz CT molecular complexity index is 1190. The Balaban J connectivity index is 1.08. The van der Waals surface area contributed by atoms with Crippen LogP contribution >= 0.6 is 11.8 Å². The van der Waals surface area contributed by atoms with E-state index in [-0.39, 0.29) is 11.5 Å². The van der Waals surface area contributed by atoms with E-state index >= 15 is 0 Å². The summed E-state index contributed by atoms with van der Waals surface area (Å²) in [6.07, 6.45) is 14.1. The fourth-order valence-electron chi connectivity index (χ4n) is 8.35. The highest BCUT2D eigenvalue weighted by Crippen LogP contribution is 2.60. The van der Waals surface area contributed by atoms with E-state index in [0.717, 1.165) is 78.8 Å². The number of aliphatic hydroxyl groups is 1. The van der Waals surface area contributed by atoms with Crippen LogP contribution in [0.25, 0.3) is 0 Å². The lowest BCUT2D eigenvalue weighted by atomic mass is 9.48. The maximum absolute atomic E-state index is 9.86. The minimum Gasteiger partial charge on any atom is -0.393 e. The molecule has 3 unspecified atom stereocenters. The number of hydrogen-bond donors (Lipinski definition) is 4. The lowest BCUT2D eigenvalue weighted by Crippen LogP contribution is -2.60. The fourth-order valence-corrected chi connectivity index (χ4v) is 9.08. The van der Waals surface area contributed by atoms with Gasteiger partial charge in [0.25, 0.3) is 0 Å². The van der Waals surface area contributed by atoms with Crippen LogP contribution in [-0.4, -0.2) is 51.0 Å². The zero-order valence-corrected chi connectivity index (χ0v) is 24.4. The molecule has 2 aromatic heterocycles. The zero-order chi connectivity index (χ0) is 27.5. The van der Waals surface area contributed by atoms with Crippen molar-refractivity contribution in [1.29, 1.82) is 5.26 Å². The van der Waals surface area contributed by atoms with E-state index in [2.05, 4.69) is 45.0 Å². The van der Waals surface area contributed by atoms with Crippen molar-refractivity contribution in [3.63, 3.8) is 0 Å². The summed E-state index contributed by atoms with van der Waals surface area (Å²) in [5.41, 5.74) is 1.90. The molecule has 0 aromatic carbocycles. The molecule has 7 rings (SSSR count). The molecular formula is C31H43N7OS. The Morgan fingerprint density at radius 1 is 1.10 bits per heavy atom. The third-order valence-electron chi connectivity index (χ3n) is 9.97. The van der Waals surface area contributed by atoms with Crippen molar-refractivity contribution in [2.75, 3.05) is 29.5 Å². The number of nitriles is 1. The molecule has 5 fully saturated rings. The van der Waals surface area contributed by atoms with Gasteiger partial charge in [-0.3, -0.25) is 0 Å². The number of thioether (sulfide) groups is 1. The number of aliphatic hydroxyl groups excluding tert-OH is 1. The Morgan fingerprint density at radius 2 is 1.90 bits per heavy atom. The standard InChI is InChI=1S/C31H43N7OS/c1-2-40-29-22(4-3-9-33-29)17-35-30-36-18-25(15-32)28(38-30)37-19-31-12-21-10-23(13-31)27(24(11-21)14-31)34-16-20-5-7-26(39)8-6-20/h3-4,9,18,20-21,23-24,26-27,34,39H,2,5-8,10-14,16-17,19H2,1H3,(H2,35,36,37,38)/t20?,21?,23-,24+,26?,27?,31?. The van der Waals surface area contributed by atoms with Crippen molar-refractivity contribution in [3.8, 4) is 6.07 Å². The monoisotopic (exact) mass is 561 g/mol. The van der Waals surface area contributed by atoms with Crippen molar-refractivity contribution < 1.29 is 5.11 Å². The predicted molar refractivity (Wildman–Crippen MR) is 159 cm³/mol. The van der Waals surface area contributed by atoms with Gasteiger partial charge < -0.3 is 21.1 Å². The number of aromatic nitrogens is 3. The van der Waals surface area contributed by atoms with E-state index in [1.165, 1.54) is 32.1 Å². The van der Waals surface area contributed by atoms with Gasteiger partial charge in [0.05, 0.1) is 12.3 Å². The van der Waals surface area contributed by atoms with Crippen LogP contribution in [0.1, 0.15) is 75.8 Å². The normalized spacial score (nSPS) is 32.5. The molecule has 0 amide bonds. The molecule has 0 radical (unpaired) electrons. The summed E-state index contributed by atoms with van der Waals surface area (Å²) in [5.74, 6) is 5.18. The van der Waals surface area contributed by atoms with E-state index in [1.54, 1.807) is 18.0 Å². The first-order valence-corrected chi connectivity index (χ1v) is 16.3. The summed E-state index contributed by atoms with van der Waals surface area (Å²) in [4.78, 5) is 13.7. The largest absolute Gasteiger partial charge is 0.393 e. The van der Waals surface area contributed by atoms with E-state index < -0.39 is 0 Å². The molecule has 8 nitrogen and oxygen atoms in total. The molecular weight excluding hydrogens is 518 g/mol. The molecule has 5 saturated carbocycles. The van der Waals surface area contributed by atoms with Gasteiger partial charge >= 0.3 is 0 Å². The van der Waals surface area contributed by atoms with Crippen LogP contribution in [0.4, 0.5) is 11.8 Å². The molecule has 5 aliphatic carbocycles. The van der Waals surface area contributed by atoms with E-state index in [9.17, 15) is 10.4 Å². The number of hydrogen-bond acceptors (Lipinski definition) is 9. The lowest BCUT2D eigenvalue weighted by molar-refractivity contribution is -0.0704. The van der Waals surface area contributed by atoms with Gasteiger partial charge in [-0.05, 0) is 105 Å². The molecule has 0 saturated heterocycles. The molecule has 9 heteroatoms. The SMILES string of the molecule is CCSc1ncccc1CNc1ncc(C#N)c(NCC23CC4C[C@H](C2)C(NCC2CCC(O)CC2)[C@@H](C4)C3)n1. The smallest absolute Gasteiger partial charge is 0.224 e. The average Bonchev–Trinajstić information content (AvgIpc) is 2.96. The van der Waals surface area contributed by atoms with Gasteiger partial charge in [-0.1, -0.05) is 13.0 Å². The minimum absolute atomic E-state index is 0.0769. The molecule has 0 aliphatic heterocycles. The lowest BCUT2D eigenvalue weighted by Gasteiger charge is -2.60. The van der Waals surface area contributed by atoms with Gasteiger partial charge in [0, 0.05) is 30.9 Å². The second-order valence-electron chi connectivity index (χ2n) is 12.8. The first kappa shape index (κ1) is 27.7. The summed E-state index contributed by atoms with van der Waals surface area (Å²) < 4.78 is 0. The van der Waals surface area contributed by atoms with Crippen LogP contribution in [0.15, 0.2) is 29.6 Å². The van der Waals surface area contributed by atoms with Crippen molar-refractivity contribution in [1.82, 2.24) is 20.3 Å². The molecule has 4 bridgehead atoms. The Hall–Kier alpha value is -2.41. The van der Waals surface area contributed by atoms with Crippen LogP contribution in [0.3, 0.4) is 0 Å². The second kappa shape index (κ2) is 12.2. The van der Waals surface area contributed by atoms with Crippen LogP contribution in [0.2, 0.25) is 0 Å². The van der Waals surface area contributed by atoms with Crippen LogP contribution in [0, 0.1) is 40.4 Å². The maximum atomic E-state index is 9.86. The van der Waals surface area contributed by atoms with E-state index in [1.807, 2.05) is 12.3 Å². The van der Waals surface area contributed by atoms with Crippen molar-refractivity contribution in [3.05, 3.63) is 35.7 Å². The van der Waals surface area contributed by atoms with Gasteiger partial charge in [-0.25, -0.2) is 9.97 Å². The summed E-state index contributed by atoms with van der Waals surface area (Å²) in [6.45, 7) is 4.70. The van der Waals surface area contributed by atoms with Crippen LogP contribution in [-0.2, 0) is 6.54 Å². The van der Waals surface area contributed by atoms with Gasteiger partial charge in [0.2, 0.25) is 5.95 Å². The third-order valence-corrected chi connectivity index (χ3v) is 10.9. The second-order valence-corrected chi connectivity index (χ2v) is 14.0. The van der Waals surface area contributed by atoms with Crippen molar-refractivity contribution in [2.45, 2.75) is 88.4 Å². The van der Waals surface area contributed by atoms with Crippen LogP contribution < -0.4 is 16.0 Å². The molecule has 214 valence electrons. The number of pyridine rings is 1. The Labute approximate surface area is 242 Å². The Kier molecular flexibility index (Phi) is 8.47. The highest BCUT2D eigenvalue weighted by Gasteiger charge is 2.55. The summed E-state index contributed by atoms with van der Waals surface area (Å²) >= 11 is 1.73. The summed E-state index contributed by atoms with van der Waals surface area (Å²) in [7, 11) is 0. The van der Waals surface area contributed by atoms with E-state index in [4.69, 9.17) is 4.98 Å². The Morgan fingerprint density at radius 3 is 2.65 bits per heavy atom. The zero-order valence-electron chi connectivity index (χ0n) is 23.6. The maximum Gasteiger partial charge on any atom is 0.224 e. The predicted octanol–water partition coefficient (Wildman–Crippen LogP) is 5.21. The van der Waals surface area contributed by atoms with Gasteiger partial charge in [-0.2, -0.15) is 10.2 Å². The number of anilines is 2. The molecule has 5 atom stereocenters. The molecule has 0 spiro atoms. The third kappa shape index (κ3) is 6.09. The van der Waals surface area contributed by atoms with Gasteiger partial charge in [0.1, 0.15) is 22.5 Å². The first-order valence-electron chi connectivity index (χ1n) is 15.3.